The van der Waals surface area contributed by atoms with E-state index in [1.165, 1.54) is 12.8 Å². The fourth-order valence-corrected chi connectivity index (χ4v) is 3.71. The number of aromatic nitrogens is 1. The third-order valence-electron chi connectivity index (χ3n) is 5.02. The van der Waals surface area contributed by atoms with Crippen molar-refractivity contribution in [3.63, 3.8) is 0 Å². The predicted molar refractivity (Wildman–Crippen MR) is 91.1 cm³/mol. The number of hydrogen-bond donors (Lipinski definition) is 0. The van der Waals surface area contributed by atoms with E-state index in [0.717, 1.165) is 31.7 Å². The number of hydrogen-bond acceptors (Lipinski definition) is 5. The van der Waals surface area contributed by atoms with Crippen molar-refractivity contribution in [1.29, 1.82) is 0 Å². The maximum absolute atomic E-state index is 12.8. The largest absolute Gasteiger partial charge is 0.481 e. The van der Waals surface area contributed by atoms with Crippen LogP contribution in [0.2, 0.25) is 0 Å². The topological polar surface area (TPSA) is 54.9 Å². The van der Waals surface area contributed by atoms with Crippen molar-refractivity contribution in [2.24, 2.45) is 0 Å². The highest BCUT2D eigenvalue weighted by Gasteiger charge is 2.36. The summed E-state index contributed by atoms with van der Waals surface area (Å²) in [5, 5.41) is 0. The molecule has 2 atom stereocenters. The van der Waals surface area contributed by atoms with Gasteiger partial charge in [-0.3, -0.25) is 4.79 Å². The molecule has 24 heavy (non-hydrogen) atoms. The number of carbonyl (C=O) groups excluding carboxylic acids is 1. The number of likely N-dealkylation sites (tertiary alicyclic amines) is 2. The summed E-state index contributed by atoms with van der Waals surface area (Å²) in [5.41, 5.74) is 0.750. The minimum absolute atomic E-state index is 0.125. The normalized spacial score (nSPS) is 24.5. The first-order valence-corrected chi connectivity index (χ1v) is 8.74. The predicted octanol–water partition coefficient (Wildman–Crippen LogP) is 1.34. The van der Waals surface area contributed by atoms with Gasteiger partial charge in [0.15, 0.2) is 0 Å². The molecule has 3 rings (SSSR count). The molecule has 0 aliphatic carbocycles. The number of methoxy groups -OCH3 is 2. The lowest BCUT2D eigenvalue weighted by Gasteiger charge is -2.28. The number of ether oxygens (including phenoxy) is 2. The third kappa shape index (κ3) is 4.05. The summed E-state index contributed by atoms with van der Waals surface area (Å²) >= 11 is 0. The number of rotatable bonds is 6. The summed E-state index contributed by atoms with van der Waals surface area (Å²) in [6.45, 7) is 3.93. The first kappa shape index (κ1) is 17.2. The summed E-state index contributed by atoms with van der Waals surface area (Å²) in [7, 11) is 3.32. The van der Waals surface area contributed by atoms with Gasteiger partial charge in [-0.25, -0.2) is 4.98 Å². The number of carbonyl (C=O) groups is 1. The summed E-state index contributed by atoms with van der Waals surface area (Å²) in [6, 6.07) is 5.78. The lowest BCUT2D eigenvalue weighted by Crippen LogP contribution is -2.43. The van der Waals surface area contributed by atoms with E-state index >= 15 is 0 Å². The Labute approximate surface area is 143 Å². The van der Waals surface area contributed by atoms with Gasteiger partial charge in [0.05, 0.1) is 25.3 Å². The van der Waals surface area contributed by atoms with Crippen LogP contribution in [-0.4, -0.2) is 73.2 Å². The summed E-state index contributed by atoms with van der Waals surface area (Å²) in [6.07, 6.45) is 3.90. The quantitative estimate of drug-likeness (QED) is 0.786. The van der Waals surface area contributed by atoms with E-state index in [4.69, 9.17) is 9.47 Å². The standard InChI is InChI=1S/C18H27N3O3/c1-23-16-11-15(12-20-8-3-4-9-20)21(13-16)18(22)10-14-6-5-7-17(19-14)24-2/h5-7,15-16H,3-4,8-13H2,1-2H3/t15-,16-/m0/s1. The van der Waals surface area contributed by atoms with E-state index in [2.05, 4.69) is 9.88 Å². The second-order valence-corrected chi connectivity index (χ2v) is 6.65. The van der Waals surface area contributed by atoms with Crippen molar-refractivity contribution in [3.05, 3.63) is 23.9 Å². The molecule has 132 valence electrons. The van der Waals surface area contributed by atoms with Gasteiger partial charge in [-0.05, 0) is 38.4 Å². The van der Waals surface area contributed by atoms with Crippen LogP contribution in [0.3, 0.4) is 0 Å². The zero-order valence-corrected chi connectivity index (χ0v) is 14.6. The number of nitrogens with zero attached hydrogens (tertiary/aromatic N) is 3. The van der Waals surface area contributed by atoms with E-state index in [0.29, 0.717) is 18.8 Å². The first-order chi connectivity index (χ1) is 11.7. The molecule has 0 unspecified atom stereocenters. The van der Waals surface area contributed by atoms with E-state index < -0.39 is 0 Å². The Bertz CT molecular complexity index is 560. The molecule has 0 radical (unpaired) electrons. The monoisotopic (exact) mass is 333 g/mol. The maximum atomic E-state index is 12.8. The lowest BCUT2D eigenvalue weighted by atomic mass is 10.1. The molecule has 0 aromatic carbocycles. The van der Waals surface area contributed by atoms with Gasteiger partial charge in [0.25, 0.3) is 0 Å². The van der Waals surface area contributed by atoms with Gasteiger partial charge in [-0.2, -0.15) is 0 Å². The average molecular weight is 333 g/mol. The summed E-state index contributed by atoms with van der Waals surface area (Å²) < 4.78 is 10.7. The number of pyridine rings is 1. The van der Waals surface area contributed by atoms with Crippen molar-refractivity contribution in [2.75, 3.05) is 40.4 Å². The summed E-state index contributed by atoms with van der Waals surface area (Å²) in [4.78, 5) is 21.6. The highest BCUT2D eigenvalue weighted by molar-refractivity contribution is 5.79. The lowest BCUT2D eigenvalue weighted by molar-refractivity contribution is -0.132. The Balaban J connectivity index is 1.65. The van der Waals surface area contributed by atoms with E-state index in [1.807, 2.05) is 17.0 Å². The highest BCUT2D eigenvalue weighted by Crippen LogP contribution is 2.23. The van der Waals surface area contributed by atoms with Crippen molar-refractivity contribution >= 4 is 5.91 Å². The van der Waals surface area contributed by atoms with Crippen molar-refractivity contribution < 1.29 is 14.3 Å². The molecule has 0 N–H and O–H groups in total. The minimum Gasteiger partial charge on any atom is -0.481 e. The van der Waals surface area contributed by atoms with Crippen LogP contribution in [-0.2, 0) is 16.0 Å². The first-order valence-electron chi connectivity index (χ1n) is 8.74. The van der Waals surface area contributed by atoms with E-state index in [-0.39, 0.29) is 18.1 Å². The molecule has 1 amide bonds. The van der Waals surface area contributed by atoms with Crippen LogP contribution in [0.5, 0.6) is 5.88 Å². The molecule has 1 aromatic rings. The van der Waals surface area contributed by atoms with Crippen LogP contribution in [0.4, 0.5) is 0 Å². The van der Waals surface area contributed by atoms with Crippen molar-refractivity contribution in [1.82, 2.24) is 14.8 Å². The fourth-order valence-electron chi connectivity index (χ4n) is 3.71. The molecule has 6 heteroatoms. The van der Waals surface area contributed by atoms with Gasteiger partial charge >= 0.3 is 0 Å². The number of amides is 1. The Morgan fingerprint density at radius 3 is 2.79 bits per heavy atom. The smallest absolute Gasteiger partial charge is 0.228 e. The molecule has 3 heterocycles. The molecule has 2 aliphatic rings. The van der Waals surface area contributed by atoms with Gasteiger partial charge in [0.2, 0.25) is 11.8 Å². The molecule has 0 saturated carbocycles. The molecular weight excluding hydrogens is 306 g/mol. The van der Waals surface area contributed by atoms with Crippen LogP contribution < -0.4 is 4.74 Å². The Morgan fingerprint density at radius 2 is 2.08 bits per heavy atom. The Morgan fingerprint density at radius 1 is 1.29 bits per heavy atom. The van der Waals surface area contributed by atoms with Gasteiger partial charge in [0, 0.05) is 32.3 Å². The Kier molecular flexibility index (Phi) is 5.68. The van der Waals surface area contributed by atoms with Crippen LogP contribution in [0.15, 0.2) is 18.2 Å². The van der Waals surface area contributed by atoms with Crippen LogP contribution in [0.1, 0.15) is 25.0 Å². The zero-order chi connectivity index (χ0) is 16.9. The molecule has 2 saturated heterocycles. The van der Waals surface area contributed by atoms with Gasteiger partial charge < -0.3 is 19.3 Å². The van der Waals surface area contributed by atoms with E-state index in [9.17, 15) is 4.79 Å². The molecule has 6 nitrogen and oxygen atoms in total. The molecule has 2 fully saturated rings. The molecule has 2 aliphatic heterocycles. The maximum Gasteiger partial charge on any atom is 0.228 e. The van der Waals surface area contributed by atoms with Crippen LogP contribution in [0.25, 0.3) is 0 Å². The summed E-state index contributed by atoms with van der Waals surface area (Å²) in [5.74, 6) is 0.671. The highest BCUT2D eigenvalue weighted by atomic mass is 16.5. The fraction of sp³-hybridized carbons (Fsp3) is 0.667. The van der Waals surface area contributed by atoms with Crippen molar-refractivity contribution in [2.45, 2.75) is 37.8 Å². The second-order valence-electron chi connectivity index (χ2n) is 6.65. The van der Waals surface area contributed by atoms with E-state index in [1.54, 1.807) is 20.3 Å². The molecule has 1 aromatic heterocycles. The van der Waals surface area contributed by atoms with Crippen LogP contribution >= 0.6 is 0 Å². The SMILES string of the molecule is COc1cccc(CC(=O)N2C[C@@H](OC)C[C@H]2CN2CCCC2)n1. The van der Waals surface area contributed by atoms with Crippen LogP contribution in [0, 0.1) is 0 Å². The zero-order valence-electron chi connectivity index (χ0n) is 14.6. The average Bonchev–Trinajstić information content (AvgIpc) is 3.25. The third-order valence-corrected chi connectivity index (χ3v) is 5.02. The van der Waals surface area contributed by atoms with Gasteiger partial charge in [-0.15, -0.1) is 0 Å². The molecular formula is C18H27N3O3. The molecule has 0 bridgehead atoms. The van der Waals surface area contributed by atoms with Gasteiger partial charge in [0.1, 0.15) is 0 Å². The Hall–Kier alpha value is -1.66. The van der Waals surface area contributed by atoms with Gasteiger partial charge in [-0.1, -0.05) is 6.07 Å². The van der Waals surface area contributed by atoms with Crippen molar-refractivity contribution in [3.8, 4) is 5.88 Å². The second kappa shape index (κ2) is 7.94. The minimum atomic E-state index is 0.125. The molecule has 0 spiro atoms.